The van der Waals surface area contributed by atoms with Gasteiger partial charge in [-0.3, -0.25) is 0 Å². The first-order valence-electron chi connectivity index (χ1n) is 11.5. The predicted molar refractivity (Wildman–Crippen MR) is 138 cm³/mol. The maximum Gasteiger partial charge on any atom is 0.333 e. The van der Waals surface area contributed by atoms with Crippen LogP contribution < -0.4 is 9.16 Å². The minimum atomic E-state index is -2.15. The molecule has 1 aliphatic heterocycles. The molecule has 0 aliphatic carbocycles. The number of carbonyl (C=O) groups excluding carboxylic acids is 1. The maximum atomic E-state index is 11.8. The summed E-state index contributed by atoms with van der Waals surface area (Å²) in [6, 6.07) is 4.11. The molecule has 0 spiro atoms. The Morgan fingerprint density at radius 1 is 1.16 bits per heavy atom. The summed E-state index contributed by atoms with van der Waals surface area (Å²) in [5, 5.41) is 0. The molecule has 6 heteroatoms. The van der Waals surface area contributed by atoms with Crippen LogP contribution in [0.25, 0.3) is 0 Å². The third kappa shape index (κ3) is 4.72. The van der Waals surface area contributed by atoms with Crippen LogP contribution in [0.3, 0.4) is 0 Å². The van der Waals surface area contributed by atoms with E-state index in [1.807, 2.05) is 12.1 Å². The van der Waals surface area contributed by atoms with Gasteiger partial charge >= 0.3 is 5.97 Å². The van der Waals surface area contributed by atoms with Gasteiger partial charge in [0.1, 0.15) is 17.6 Å². The molecule has 2 rings (SSSR count). The standard InChI is InChI=1S/C26H39BrO4Si/c1-16(2)32(17(3)4,18(5)6)31-22-14-13-21(27)24-23(22)26(9,20(8)30-24)15-11-12-19(7)25(28)29-10/h11-18,20H,1-10H3/b15-11+,19-12+/t20-,26+/m1/s1. The van der Waals surface area contributed by atoms with Crippen LogP contribution >= 0.6 is 15.9 Å². The molecule has 0 saturated heterocycles. The monoisotopic (exact) mass is 522 g/mol. The van der Waals surface area contributed by atoms with Gasteiger partial charge in [-0.05, 0) is 65.5 Å². The lowest BCUT2D eigenvalue weighted by atomic mass is 9.78. The van der Waals surface area contributed by atoms with Crippen LogP contribution in [0, 0.1) is 0 Å². The predicted octanol–water partition coefficient (Wildman–Crippen LogP) is 7.72. The van der Waals surface area contributed by atoms with Crippen molar-refractivity contribution in [3.8, 4) is 11.5 Å². The highest BCUT2D eigenvalue weighted by Crippen LogP contribution is 2.54. The SMILES string of the molecule is COC(=O)/C(C)=C/C=C/[C@]1(C)c2c(O[Si](C(C)C)(C(C)C)C(C)C)ccc(Br)c2O[C@@H]1C. The lowest BCUT2D eigenvalue weighted by Gasteiger charge is -2.43. The van der Waals surface area contributed by atoms with Gasteiger partial charge in [0.05, 0.1) is 17.0 Å². The third-order valence-corrected chi connectivity index (χ3v) is 13.7. The van der Waals surface area contributed by atoms with Crippen molar-refractivity contribution < 1.29 is 18.7 Å². The van der Waals surface area contributed by atoms with Crippen molar-refractivity contribution in [1.82, 2.24) is 0 Å². The molecule has 32 heavy (non-hydrogen) atoms. The van der Waals surface area contributed by atoms with Crippen LogP contribution in [0.15, 0.2) is 40.4 Å². The number of hydrogen-bond acceptors (Lipinski definition) is 4. The fraction of sp³-hybridized carbons (Fsp3) is 0.577. The van der Waals surface area contributed by atoms with Crippen LogP contribution in [0.4, 0.5) is 0 Å². The van der Waals surface area contributed by atoms with Crippen molar-refractivity contribution in [1.29, 1.82) is 0 Å². The van der Waals surface area contributed by atoms with Crippen molar-refractivity contribution in [2.24, 2.45) is 0 Å². The fourth-order valence-corrected chi connectivity index (χ4v) is 10.8. The molecule has 1 aliphatic rings. The quantitative estimate of drug-likeness (QED) is 0.151. The zero-order valence-corrected chi connectivity index (χ0v) is 23.8. The summed E-state index contributed by atoms with van der Waals surface area (Å²) in [4.78, 5) is 11.8. The Labute approximate surface area is 203 Å². The summed E-state index contributed by atoms with van der Waals surface area (Å²) in [5.41, 5.74) is 2.61. The molecule has 4 nitrogen and oxygen atoms in total. The molecule has 178 valence electrons. The Morgan fingerprint density at radius 2 is 1.72 bits per heavy atom. The molecule has 0 unspecified atom stereocenters. The number of benzene rings is 1. The Morgan fingerprint density at radius 3 is 2.22 bits per heavy atom. The van der Waals surface area contributed by atoms with E-state index in [4.69, 9.17) is 13.9 Å². The van der Waals surface area contributed by atoms with E-state index in [1.165, 1.54) is 7.11 Å². The lowest BCUT2D eigenvalue weighted by molar-refractivity contribution is -0.136. The molecular weight excluding hydrogens is 484 g/mol. The Bertz CT molecular complexity index is 882. The number of carbonyl (C=O) groups is 1. The zero-order valence-electron chi connectivity index (χ0n) is 21.2. The number of halogens is 1. The van der Waals surface area contributed by atoms with Crippen molar-refractivity contribution in [2.75, 3.05) is 7.11 Å². The second kappa shape index (κ2) is 10.2. The van der Waals surface area contributed by atoms with Crippen LogP contribution in [0.2, 0.25) is 16.6 Å². The molecule has 0 fully saturated rings. The van der Waals surface area contributed by atoms with Gasteiger partial charge in [0, 0.05) is 11.1 Å². The number of methoxy groups -OCH3 is 1. The maximum absolute atomic E-state index is 11.8. The lowest BCUT2D eigenvalue weighted by Crippen LogP contribution is -2.51. The van der Waals surface area contributed by atoms with Crippen LogP contribution in [0.1, 0.15) is 67.9 Å². The Kier molecular flexibility index (Phi) is 8.49. The van der Waals surface area contributed by atoms with Gasteiger partial charge in [0.15, 0.2) is 0 Å². The number of esters is 1. The van der Waals surface area contributed by atoms with E-state index in [2.05, 4.69) is 83.5 Å². The molecular formula is C26H39BrO4Si. The van der Waals surface area contributed by atoms with Crippen LogP contribution in [0.5, 0.6) is 11.5 Å². The first kappa shape index (κ1) is 26.7. The van der Waals surface area contributed by atoms with E-state index in [0.29, 0.717) is 22.2 Å². The van der Waals surface area contributed by atoms with Gasteiger partial charge in [-0.2, -0.15) is 0 Å². The van der Waals surface area contributed by atoms with Gasteiger partial charge in [-0.1, -0.05) is 59.8 Å². The first-order chi connectivity index (χ1) is 14.8. The Balaban J connectivity index is 2.63. The fourth-order valence-electron chi connectivity index (χ4n) is 5.14. The van der Waals surface area contributed by atoms with Crippen molar-refractivity contribution in [2.45, 2.75) is 90.5 Å². The second-order valence-electron chi connectivity index (χ2n) is 9.91. The summed E-state index contributed by atoms with van der Waals surface area (Å²) >= 11 is 3.68. The Hall–Kier alpha value is -1.53. The van der Waals surface area contributed by atoms with Crippen LogP contribution in [-0.2, 0) is 14.9 Å². The number of ether oxygens (including phenoxy) is 2. The normalized spacial score (nSPS) is 21.4. The topological polar surface area (TPSA) is 44.8 Å². The van der Waals surface area contributed by atoms with E-state index in [1.54, 1.807) is 13.0 Å². The summed E-state index contributed by atoms with van der Waals surface area (Å²) in [5.74, 6) is 1.43. The minimum absolute atomic E-state index is 0.0881. The first-order valence-corrected chi connectivity index (χ1v) is 14.4. The summed E-state index contributed by atoms with van der Waals surface area (Å²) in [6.07, 6.45) is 5.73. The molecule has 1 heterocycles. The van der Waals surface area contributed by atoms with Gasteiger partial charge in [-0.25, -0.2) is 4.79 Å². The van der Waals surface area contributed by atoms with Gasteiger partial charge in [0.25, 0.3) is 8.32 Å². The zero-order chi connectivity index (χ0) is 24.4. The molecule has 1 aromatic carbocycles. The number of fused-ring (bicyclic) bond motifs is 1. The molecule has 1 aromatic rings. The largest absolute Gasteiger partial charge is 0.542 e. The van der Waals surface area contributed by atoms with E-state index in [9.17, 15) is 4.79 Å². The molecule has 2 atom stereocenters. The molecule has 0 aromatic heterocycles. The number of hydrogen-bond donors (Lipinski definition) is 0. The van der Waals surface area contributed by atoms with Crippen LogP contribution in [-0.4, -0.2) is 27.5 Å². The van der Waals surface area contributed by atoms with Crippen molar-refractivity contribution in [3.05, 3.63) is 46.0 Å². The van der Waals surface area contributed by atoms with Gasteiger partial charge in [0.2, 0.25) is 0 Å². The van der Waals surface area contributed by atoms with E-state index < -0.39 is 13.7 Å². The number of rotatable bonds is 8. The summed E-state index contributed by atoms with van der Waals surface area (Å²) < 4.78 is 19.2. The second-order valence-corrected chi connectivity index (χ2v) is 16.1. The smallest absolute Gasteiger partial charge is 0.333 e. The molecule has 0 saturated carbocycles. The summed E-state index contributed by atoms with van der Waals surface area (Å²) in [6.45, 7) is 19.8. The molecule has 0 N–H and O–H groups in total. The molecule has 0 bridgehead atoms. The average molecular weight is 524 g/mol. The highest BCUT2D eigenvalue weighted by Gasteiger charge is 2.50. The van der Waals surface area contributed by atoms with Gasteiger partial charge in [-0.15, -0.1) is 0 Å². The van der Waals surface area contributed by atoms with Gasteiger partial charge < -0.3 is 13.9 Å². The van der Waals surface area contributed by atoms with Crippen molar-refractivity contribution in [3.63, 3.8) is 0 Å². The van der Waals surface area contributed by atoms with E-state index in [0.717, 1.165) is 21.5 Å². The van der Waals surface area contributed by atoms with Crippen molar-refractivity contribution >= 4 is 30.2 Å². The molecule has 0 radical (unpaired) electrons. The number of allylic oxidation sites excluding steroid dienone is 2. The third-order valence-electron chi connectivity index (χ3n) is 7.04. The minimum Gasteiger partial charge on any atom is -0.542 e. The molecule has 0 amide bonds. The highest BCUT2D eigenvalue weighted by atomic mass is 79.9. The summed E-state index contributed by atoms with van der Waals surface area (Å²) in [7, 11) is -0.758. The van der Waals surface area contributed by atoms with E-state index in [-0.39, 0.29) is 12.1 Å². The van der Waals surface area contributed by atoms with E-state index >= 15 is 0 Å². The average Bonchev–Trinajstić information content (AvgIpc) is 2.98. The highest BCUT2D eigenvalue weighted by molar-refractivity contribution is 9.10.